The molecule has 1 aromatic carbocycles. The zero-order valence-corrected chi connectivity index (χ0v) is 11.8. The van der Waals surface area contributed by atoms with E-state index in [1.54, 1.807) is 19.1 Å². The molecule has 2 rings (SSSR count). The summed E-state index contributed by atoms with van der Waals surface area (Å²) in [6, 6.07) is 6.84. The Bertz CT molecular complexity index is 640. The molecule has 0 atom stereocenters. The van der Waals surface area contributed by atoms with Gasteiger partial charge in [-0.25, -0.2) is 4.98 Å². The number of hydrogen-bond acceptors (Lipinski definition) is 3. The SMILES string of the molecule is Cc1nc(NCCc2ccc(Cl)cc2Cl)cc(=O)[nH]1. The summed E-state index contributed by atoms with van der Waals surface area (Å²) in [6.45, 7) is 2.37. The Morgan fingerprint density at radius 1 is 1.32 bits per heavy atom. The van der Waals surface area contributed by atoms with Crippen molar-refractivity contribution in [2.24, 2.45) is 0 Å². The van der Waals surface area contributed by atoms with Gasteiger partial charge in [0.2, 0.25) is 0 Å². The van der Waals surface area contributed by atoms with E-state index in [1.165, 1.54) is 6.07 Å². The van der Waals surface area contributed by atoms with Gasteiger partial charge < -0.3 is 10.3 Å². The zero-order chi connectivity index (χ0) is 13.8. The van der Waals surface area contributed by atoms with E-state index in [-0.39, 0.29) is 5.56 Å². The van der Waals surface area contributed by atoms with Crippen LogP contribution >= 0.6 is 23.2 Å². The summed E-state index contributed by atoms with van der Waals surface area (Å²) in [6.07, 6.45) is 0.726. The van der Waals surface area contributed by atoms with Crippen LogP contribution in [0.15, 0.2) is 29.1 Å². The van der Waals surface area contributed by atoms with Gasteiger partial charge in [-0.15, -0.1) is 0 Å². The summed E-state index contributed by atoms with van der Waals surface area (Å²) in [4.78, 5) is 18.0. The number of aryl methyl sites for hydroxylation is 1. The third-order valence-electron chi connectivity index (χ3n) is 2.58. The van der Waals surface area contributed by atoms with Crippen LogP contribution in [0.5, 0.6) is 0 Å². The first-order valence-corrected chi connectivity index (χ1v) is 6.56. The molecule has 0 fully saturated rings. The average Bonchev–Trinajstić information content (AvgIpc) is 2.30. The largest absolute Gasteiger partial charge is 0.370 e. The summed E-state index contributed by atoms with van der Waals surface area (Å²) in [7, 11) is 0. The molecule has 1 heterocycles. The third-order valence-corrected chi connectivity index (χ3v) is 3.16. The quantitative estimate of drug-likeness (QED) is 0.912. The van der Waals surface area contributed by atoms with Crippen LogP contribution in [0.1, 0.15) is 11.4 Å². The minimum Gasteiger partial charge on any atom is -0.370 e. The summed E-state index contributed by atoms with van der Waals surface area (Å²) < 4.78 is 0. The second-order valence-electron chi connectivity index (χ2n) is 4.13. The maximum atomic E-state index is 11.3. The Hall–Kier alpha value is -1.52. The van der Waals surface area contributed by atoms with Gasteiger partial charge in [-0.3, -0.25) is 4.79 Å². The summed E-state index contributed by atoms with van der Waals surface area (Å²) in [5.41, 5.74) is 0.833. The molecule has 2 N–H and O–H groups in total. The van der Waals surface area contributed by atoms with Crippen LogP contribution in [0.4, 0.5) is 5.82 Å². The lowest BCUT2D eigenvalue weighted by molar-refractivity contribution is 0.969. The molecule has 4 nitrogen and oxygen atoms in total. The van der Waals surface area contributed by atoms with Gasteiger partial charge in [0.15, 0.2) is 0 Å². The molecular weight excluding hydrogens is 285 g/mol. The van der Waals surface area contributed by atoms with Gasteiger partial charge in [0, 0.05) is 22.7 Å². The maximum absolute atomic E-state index is 11.3. The number of nitrogens with one attached hydrogen (secondary N) is 2. The molecule has 0 saturated heterocycles. The van der Waals surface area contributed by atoms with Crippen molar-refractivity contribution < 1.29 is 0 Å². The highest BCUT2D eigenvalue weighted by Crippen LogP contribution is 2.21. The fourth-order valence-electron chi connectivity index (χ4n) is 1.72. The lowest BCUT2D eigenvalue weighted by Crippen LogP contribution is -2.13. The normalized spacial score (nSPS) is 10.5. The number of halogens is 2. The number of anilines is 1. The predicted molar refractivity (Wildman–Crippen MR) is 78.3 cm³/mol. The fraction of sp³-hybridized carbons (Fsp3) is 0.231. The lowest BCUT2D eigenvalue weighted by atomic mass is 10.1. The molecule has 0 bridgehead atoms. The number of rotatable bonds is 4. The molecule has 6 heteroatoms. The van der Waals surface area contributed by atoms with E-state index in [0.717, 1.165) is 12.0 Å². The smallest absolute Gasteiger partial charge is 0.252 e. The van der Waals surface area contributed by atoms with Crippen molar-refractivity contribution in [1.29, 1.82) is 0 Å². The van der Waals surface area contributed by atoms with E-state index in [0.29, 0.717) is 28.2 Å². The average molecular weight is 298 g/mol. The van der Waals surface area contributed by atoms with Crippen molar-refractivity contribution in [2.75, 3.05) is 11.9 Å². The molecule has 0 aliphatic rings. The zero-order valence-electron chi connectivity index (χ0n) is 10.3. The Labute approximate surface area is 120 Å². The summed E-state index contributed by atoms with van der Waals surface area (Å²) >= 11 is 11.9. The van der Waals surface area contributed by atoms with Crippen LogP contribution in [0.2, 0.25) is 10.0 Å². The van der Waals surface area contributed by atoms with Crippen LogP contribution < -0.4 is 10.9 Å². The number of hydrogen-bond donors (Lipinski definition) is 2. The van der Waals surface area contributed by atoms with Crippen molar-refractivity contribution in [1.82, 2.24) is 9.97 Å². The van der Waals surface area contributed by atoms with Gasteiger partial charge in [-0.05, 0) is 31.0 Å². The van der Waals surface area contributed by atoms with Crippen LogP contribution in [-0.2, 0) is 6.42 Å². The second-order valence-corrected chi connectivity index (χ2v) is 4.97. The van der Waals surface area contributed by atoms with E-state index in [2.05, 4.69) is 15.3 Å². The molecule has 2 aromatic rings. The highest BCUT2D eigenvalue weighted by molar-refractivity contribution is 6.35. The molecule has 0 saturated carbocycles. The molecule has 0 unspecified atom stereocenters. The second kappa shape index (κ2) is 6.08. The molecule has 0 spiro atoms. The van der Waals surface area contributed by atoms with E-state index < -0.39 is 0 Å². The van der Waals surface area contributed by atoms with E-state index in [9.17, 15) is 4.79 Å². The maximum Gasteiger partial charge on any atom is 0.252 e. The molecule has 0 amide bonds. The topological polar surface area (TPSA) is 57.8 Å². The molecule has 100 valence electrons. The monoisotopic (exact) mass is 297 g/mol. The van der Waals surface area contributed by atoms with Gasteiger partial charge in [0.05, 0.1) is 0 Å². The minimum absolute atomic E-state index is 0.167. The molecule has 19 heavy (non-hydrogen) atoms. The fourth-order valence-corrected chi connectivity index (χ4v) is 2.22. The van der Waals surface area contributed by atoms with Crippen LogP contribution in [0.3, 0.4) is 0 Å². The Morgan fingerprint density at radius 2 is 2.11 bits per heavy atom. The van der Waals surface area contributed by atoms with Crippen molar-refractivity contribution in [2.45, 2.75) is 13.3 Å². The van der Waals surface area contributed by atoms with E-state index >= 15 is 0 Å². The van der Waals surface area contributed by atoms with Gasteiger partial charge in [0.25, 0.3) is 5.56 Å². The minimum atomic E-state index is -0.167. The molecule has 0 radical (unpaired) electrons. The first kappa shape index (κ1) is 13.9. The summed E-state index contributed by atoms with van der Waals surface area (Å²) in [5.74, 6) is 1.14. The Balaban J connectivity index is 1.98. The molecule has 1 aromatic heterocycles. The first-order valence-electron chi connectivity index (χ1n) is 5.80. The predicted octanol–water partition coefficient (Wildman–Crippen LogP) is 3.04. The van der Waals surface area contributed by atoms with E-state index in [4.69, 9.17) is 23.2 Å². The molecule has 0 aliphatic heterocycles. The standard InChI is InChI=1S/C13H13Cl2N3O/c1-8-17-12(7-13(19)18-8)16-5-4-9-2-3-10(14)6-11(9)15/h2-3,6-7H,4-5H2,1H3,(H2,16,17,18,19). The highest BCUT2D eigenvalue weighted by atomic mass is 35.5. The molecular formula is C13H13Cl2N3O. The Kier molecular flexibility index (Phi) is 4.45. The third kappa shape index (κ3) is 3.98. The number of aromatic nitrogens is 2. The van der Waals surface area contributed by atoms with Crippen molar-refractivity contribution in [3.05, 3.63) is 56.1 Å². The van der Waals surface area contributed by atoms with Crippen molar-refractivity contribution >= 4 is 29.0 Å². The lowest BCUT2D eigenvalue weighted by Gasteiger charge is -2.07. The first-order chi connectivity index (χ1) is 9.04. The summed E-state index contributed by atoms with van der Waals surface area (Å²) in [5, 5.41) is 4.36. The number of aromatic amines is 1. The number of nitrogens with zero attached hydrogens (tertiary/aromatic N) is 1. The van der Waals surface area contributed by atoms with Crippen molar-refractivity contribution in [3.63, 3.8) is 0 Å². The Morgan fingerprint density at radius 3 is 2.79 bits per heavy atom. The molecule has 0 aliphatic carbocycles. The van der Waals surface area contributed by atoms with Crippen LogP contribution in [0, 0.1) is 6.92 Å². The van der Waals surface area contributed by atoms with Crippen LogP contribution in [0.25, 0.3) is 0 Å². The van der Waals surface area contributed by atoms with E-state index in [1.807, 2.05) is 6.07 Å². The number of H-pyrrole nitrogens is 1. The van der Waals surface area contributed by atoms with Gasteiger partial charge >= 0.3 is 0 Å². The van der Waals surface area contributed by atoms with Gasteiger partial charge in [0.1, 0.15) is 11.6 Å². The van der Waals surface area contributed by atoms with Crippen LogP contribution in [-0.4, -0.2) is 16.5 Å². The number of benzene rings is 1. The highest BCUT2D eigenvalue weighted by Gasteiger charge is 2.02. The van der Waals surface area contributed by atoms with Gasteiger partial charge in [-0.2, -0.15) is 0 Å². The van der Waals surface area contributed by atoms with Crippen molar-refractivity contribution in [3.8, 4) is 0 Å². The van der Waals surface area contributed by atoms with Gasteiger partial charge in [-0.1, -0.05) is 29.3 Å².